The number of hydrogen-bond acceptors (Lipinski definition) is 3. The molecule has 5 heteroatoms. The zero-order valence-corrected chi connectivity index (χ0v) is 12.9. The predicted octanol–water partition coefficient (Wildman–Crippen LogP) is 1.49. The van der Waals surface area contributed by atoms with Crippen molar-refractivity contribution in [3.63, 3.8) is 0 Å². The minimum Gasteiger partial charge on any atom is -0.337 e. The van der Waals surface area contributed by atoms with Gasteiger partial charge in [0.1, 0.15) is 0 Å². The van der Waals surface area contributed by atoms with E-state index in [4.69, 9.17) is 0 Å². The summed E-state index contributed by atoms with van der Waals surface area (Å²) in [7, 11) is 4.17. The van der Waals surface area contributed by atoms with Crippen LogP contribution in [0.1, 0.15) is 27.9 Å². The summed E-state index contributed by atoms with van der Waals surface area (Å²) in [5.41, 5.74) is 3.43. The molecule has 3 rings (SSSR count). The first-order valence-corrected chi connectivity index (χ1v) is 6.93. The van der Waals surface area contributed by atoms with Crippen LogP contribution in [-0.2, 0) is 13.1 Å². The van der Waals surface area contributed by atoms with Crippen LogP contribution in [0, 0.1) is 0 Å². The van der Waals surface area contributed by atoms with Crippen molar-refractivity contribution in [2.75, 3.05) is 27.2 Å². The van der Waals surface area contributed by atoms with Crippen LogP contribution >= 0.6 is 12.4 Å². The summed E-state index contributed by atoms with van der Waals surface area (Å²) >= 11 is 0. The molecular weight excluding hydrogens is 274 g/mol. The average Bonchev–Trinajstić information content (AvgIpc) is 3.06. The lowest BCUT2D eigenvalue weighted by molar-refractivity contribution is 0.0783. The number of likely N-dealkylation sites (N-methyl/N-ethyl adjacent to an activating group) is 1. The van der Waals surface area contributed by atoms with Crippen molar-refractivity contribution in [3.8, 4) is 0 Å². The highest BCUT2D eigenvalue weighted by Crippen LogP contribution is 2.20. The molecule has 1 aromatic rings. The van der Waals surface area contributed by atoms with Gasteiger partial charge in [0, 0.05) is 37.8 Å². The maximum Gasteiger partial charge on any atom is 0.253 e. The van der Waals surface area contributed by atoms with Crippen LogP contribution in [0.15, 0.2) is 18.2 Å². The van der Waals surface area contributed by atoms with Crippen molar-refractivity contribution in [1.82, 2.24) is 15.1 Å². The van der Waals surface area contributed by atoms with Gasteiger partial charge in [-0.05, 0) is 43.8 Å². The highest BCUT2D eigenvalue weighted by Gasteiger charge is 2.28. The van der Waals surface area contributed by atoms with Gasteiger partial charge >= 0.3 is 0 Å². The molecule has 1 amide bonds. The number of nitrogens with one attached hydrogen (secondary N) is 1. The largest absolute Gasteiger partial charge is 0.337 e. The Balaban J connectivity index is 0.00000147. The molecule has 0 spiro atoms. The SMILES string of the molecule is CN(C)C1CCN(C(=O)c2ccc3c(c2)CNC3)C1.Cl. The van der Waals surface area contributed by atoms with Crippen LogP contribution < -0.4 is 5.32 Å². The van der Waals surface area contributed by atoms with Gasteiger partial charge in [0.15, 0.2) is 0 Å². The minimum absolute atomic E-state index is 0. The lowest BCUT2D eigenvalue weighted by Gasteiger charge is -2.20. The second-order valence-corrected chi connectivity index (χ2v) is 5.74. The molecule has 1 fully saturated rings. The molecule has 1 aromatic carbocycles. The van der Waals surface area contributed by atoms with Gasteiger partial charge in [0.05, 0.1) is 0 Å². The standard InChI is InChI=1S/C15H21N3O.ClH/c1-17(2)14-5-6-18(10-14)15(19)11-3-4-12-8-16-9-13(12)7-11;/h3-4,7,14,16H,5-6,8-10H2,1-2H3;1H. The predicted molar refractivity (Wildman–Crippen MR) is 82.2 cm³/mol. The number of hydrogen-bond donors (Lipinski definition) is 1. The number of rotatable bonds is 2. The molecule has 20 heavy (non-hydrogen) atoms. The third-order valence-corrected chi connectivity index (χ3v) is 4.27. The molecule has 0 bridgehead atoms. The molecule has 0 saturated carbocycles. The molecular formula is C15H22ClN3O. The van der Waals surface area contributed by atoms with E-state index in [1.165, 1.54) is 11.1 Å². The van der Waals surface area contributed by atoms with Crippen LogP contribution in [0.5, 0.6) is 0 Å². The highest BCUT2D eigenvalue weighted by atomic mass is 35.5. The summed E-state index contributed by atoms with van der Waals surface area (Å²) < 4.78 is 0. The van der Waals surface area contributed by atoms with Crippen molar-refractivity contribution in [2.45, 2.75) is 25.6 Å². The summed E-state index contributed by atoms with van der Waals surface area (Å²) in [4.78, 5) is 16.7. The van der Waals surface area contributed by atoms with Crippen molar-refractivity contribution < 1.29 is 4.79 Å². The van der Waals surface area contributed by atoms with E-state index in [-0.39, 0.29) is 18.3 Å². The zero-order chi connectivity index (χ0) is 13.4. The van der Waals surface area contributed by atoms with Gasteiger partial charge in [-0.2, -0.15) is 0 Å². The quantitative estimate of drug-likeness (QED) is 0.898. The Kier molecular flexibility index (Phi) is 4.68. The molecule has 0 radical (unpaired) electrons. The van der Waals surface area contributed by atoms with Crippen LogP contribution in [0.25, 0.3) is 0 Å². The third kappa shape index (κ3) is 2.82. The van der Waals surface area contributed by atoms with Crippen molar-refractivity contribution >= 4 is 18.3 Å². The zero-order valence-electron chi connectivity index (χ0n) is 12.1. The van der Waals surface area contributed by atoms with Gasteiger partial charge in [-0.3, -0.25) is 4.79 Å². The third-order valence-electron chi connectivity index (χ3n) is 4.27. The number of nitrogens with zero attached hydrogens (tertiary/aromatic N) is 2. The van der Waals surface area contributed by atoms with Gasteiger partial charge in [0.2, 0.25) is 0 Å². The van der Waals surface area contributed by atoms with E-state index in [1.54, 1.807) is 0 Å². The number of carbonyl (C=O) groups excluding carboxylic acids is 1. The second kappa shape index (κ2) is 6.12. The first-order valence-electron chi connectivity index (χ1n) is 6.93. The van der Waals surface area contributed by atoms with Crippen LogP contribution in [0.2, 0.25) is 0 Å². The fourth-order valence-corrected chi connectivity index (χ4v) is 2.96. The first-order chi connectivity index (χ1) is 9.15. The Hall–Kier alpha value is -1.10. The molecule has 4 nitrogen and oxygen atoms in total. The topological polar surface area (TPSA) is 35.6 Å². The first kappa shape index (κ1) is 15.3. The van der Waals surface area contributed by atoms with Crippen molar-refractivity contribution in [3.05, 3.63) is 34.9 Å². The van der Waals surface area contributed by atoms with E-state index in [1.807, 2.05) is 11.0 Å². The van der Waals surface area contributed by atoms with Crippen molar-refractivity contribution in [2.24, 2.45) is 0 Å². The van der Waals surface area contributed by atoms with Crippen LogP contribution in [0.4, 0.5) is 0 Å². The van der Waals surface area contributed by atoms with Gasteiger partial charge in [-0.15, -0.1) is 12.4 Å². The monoisotopic (exact) mass is 295 g/mol. The van der Waals surface area contributed by atoms with Crippen molar-refractivity contribution in [1.29, 1.82) is 0 Å². The van der Waals surface area contributed by atoms with Gasteiger partial charge in [-0.25, -0.2) is 0 Å². The Bertz CT molecular complexity index is 504. The summed E-state index contributed by atoms with van der Waals surface area (Å²) in [5.74, 6) is 0.180. The Labute approximate surface area is 126 Å². The van der Waals surface area contributed by atoms with Crippen LogP contribution in [0.3, 0.4) is 0 Å². The number of halogens is 1. The smallest absolute Gasteiger partial charge is 0.253 e. The number of amides is 1. The summed E-state index contributed by atoms with van der Waals surface area (Å²) in [6.07, 6.45) is 1.07. The molecule has 1 unspecified atom stereocenters. The highest BCUT2D eigenvalue weighted by molar-refractivity contribution is 5.94. The number of carbonyl (C=O) groups is 1. The van der Waals surface area contributed by atoms with E-state index < -0.39 is 0 Å². The minimum atomic E-state index is 0. The molecule has 110 valence electrons. The molecule has 1 saturated heterocycles. The maximum absolute atomic E-state index is 12.5. The summed E-state index contributed by atoms with van der Waals surface area (Å²) in [6.45, 7) is 3.53. The second-order valence-electron chi connectivity index (χ2n) is 5.74. The van der Waals surface area contributed by atoms with E-state index in [0.29, 0.717) is 6.04 Å². The average molecular weight is 296 g/mol. The molecule has 2 heterocycles. The fourth-order valence-electron chi connectivity index (χ4n) is 2.96. The Morgan fingerprint density at radius 2 is 2.05 bits per heavy atom. The summed E-state index contributed by atoms with van der Waals surface area (Å²) in [5, 5.41) is 3.31. The molecule has 0 aromatic heterocycles. The molecule has 1 atom stereocenters. The normalized spacial score (nSPS) is 20.9. The number of benzene rings is 1. The lowest BCUT2D eigenvalue weighted by Crippen LogP contribution is -2.34. The molecule has 2 aliphatic rings. The summed E-state index contributed by atoms with van der Waals surface area (Å²) in [6, 6.07) is 6.61. The Morgan fingerprint density at radius 3 is 2.75 bits per heavy atom. The van der Waals surface area contributed by atoms with E-state index >= 15 is 0 Å². The molecule has 1 N–H and O–H groups in total. The molecule has 2 aliphatic heterocycles. The fraction of sp³-hybridized carbons (Fsp3) is 0.533. The van der Waals surface area contributed by atoms with E-state index in [9.17, 15) is 4.79 Å². The Morgan fingerprint density at radius 1 is 1.30 bits per heavy atom. The van der Waals surface area contributed by atoms with E-state index in [2.05, 4.69) is 36.4 Å². The van der Waals surface area contributed by atoms with Gasteiger partial charge in [-0.1, -0.05) is 6.07 Å². The van der Waals surface area contributed by atoms with Gasteiger partial charge in [0.25, 0.3) is 5.91 Å². The molecule has 0 aliphatic carbocycles. The van der Waals surface area contributed by atoms with Gasteiger partial charge < -0.3 is 15.1 Å². The lowest BCUT2D eigenvalue weighted by atomic mass is 10.1. The van der Waals surface area contributed by atoms with Crippen LogP contribution in [-0.4, -0.2) is 48.9 Å². The number of fused-ring (bicyclic) bond motifs is 1. The van der Waals surface area contributed by atoms with E-state index in [0.717, 1.165) is 38.2 Å². The maximum atomic E-state index is 12.5. The number of likely N-dealkylation sites (tertiary alicyclic amines) is 1.